The highest BCUT2D eigenvalue weighted by molar-refractivity contribution is 6.30. The van der Waals surface area contributed by atoms with E-state index in [0.717, 1.165) is 25.1 Å². The normalized spacial score (nSPS) is 10.7. The molecular formula is C23H26ClN3O2. The summed E-state index contributed by atoms with van der Waals surface area (Å²) in [6.45, 7) is 4.65. The van der Waals surface area contributed by atoms with Crippen LogP contribution in [0.15, 0.2) is 65.2 Å². The number of benzene rings is 2. The molecule has 3 aromatic rings. The van der Waals surface area contributed by atoms with Crippen LogP contribution in [-0.2, 0) is 11.2 Å². The number of anilines is 1. The molecule has 29 heavy (non-hydrogen) atoms. The van der Waals surface area contributed by atoms with Crippen molar-refractivity contribution in [2.24, 2.45) is 0 Å². The van der Waals surface area contributed by atoms with Gasteiger partial charge in [-0.05, 0) is 49.7 Å². The van der Waals surface area contributed by atoms with Gasteiger partial charge in [0.1, 0.15) is 0 Å². The molecule has 2 aromatic carbocycles. The zero-order chi connectivity index (χ0) is 20.5. The van der Waals surface area contributed by atoms with Crippen LogP contribution >= 0.6 is 11.6 Å². The van der Waals surface area contributed by atoms with Gasteiger partial charge in [0.15, 0.2) is 11.7 Å². The average Bonchev–Trinajstić information content (AvgIpc) is 3.22. The minimum absolute atomic E-state index is 0.0130. The summed E-state index contributed by atoms with van der Waals surface area (Å²) in [6, 6.07) is 17.7. The van der Waals surface area contributed by atoms with E-state index in [1.807, 2.05) is 42.5 Å². The first-order valence-corrected chi connectivity index (χ1v) is 10.3. The molecule has 1 heterocycles. The molecular weight excluding hydrogens is 386 g/mol. The van der Waals surface area contributed by atoms with E-state index in [9.17, 15) is 4.79 Å². The first-order chi connectivity index (χ1) is 14.2. The van der Waals surface area contributed by atoms with Gasteiger partial charge in [0.05, 0.1) is 6.20 Å². The Balaban J connectivity index is 1.37. The predicted molar refractivity (Wildman–Crippen MR) is 117 cm³/mol. The summed E-state index contributed by atoms with van der Waals surface area (Å²) in [7, 11) is 0. The monoisotopic (exact) mass is 411 g/mol. The summed E-state index contributed by atoms with van der Waals surface area (Å²) in [6.07, 6.45) is 3.41. The van der Waals surface area contributed by atoms with Crippen molar-refractivity contribution < 1.29 is 9.21 Å². The van der Waals surface area contributed by atoms with E-state index in [-0.39, 0.29) is 5.91 Å². The van der Waals surface area contributed by atoms with Crippen molar-refractivity contribution in [3.05, 3.63) is 71.7 Å². The van der Waals surface area contributed by atoms with Crippen molar-refractivity contribution in [1.82, 2.24) is 10.3 Å². The van der Waals surface area contributed by atoms with Gasteiger partial charge in [0, 0.05) is 48.7 Å². The Morgan fingerprint density at radius 2 is 1.90 bits per heavy atom. The maximum absolute atomic E-state index is 12.1. The Bertz CT molecular complexity index is 894. The van der Waals surface area contributed by atoms with Crippen molar-refractivity contribution in [2.45, 2.75) is 26.2 Å². The maximum Gasteiger partial charge on any atom is 0.220 e. The number of halogens is 1. The number of hydrogen-bond acceptors (Lipinski definition) is 4. The Morgan fingerprint density at radius 1 is 1.14 bits per heavy atom. The van der Waals surface area contributed by atoms with Crippen LogP contribution in [0.5, 0.6) is 0 Å². The van der Waals surface area contributed by atoms with E-state index in [4.69, 9.17) is 16.0 Å². The number of para-hydroxylation sites is 1. The van der Waals surface area contributed by atoms with Crippen molar-refractivity contribution >= 4 is 23.2 Å². The van der Waals surface area contributed by atoms with Crippen LogP contribution in [0.3, 0.4) is 0 Å². The van der Waals surface area contributed by atoms with E-state index in [1.165, 1.54) is 5.69 Å². The van der Waals surface area contributed by atoms with Crippen LogP contribution in [-0.4, -0.2) is 30.5 Å². The largest absolute Gasteiger partial charge is 0.441 e. The number of carbonyl (C=O) groups is 1. The summed E-state index contributed by atoms with van der Waals surface area (Å²) >= 11 is 5.90. The number of nitrogens with one attached hydrogen (secondary N) is 1. The third-order valence-electron chi connectivity index (χ3n) is 4.68. The summed E-state index contributed by atoms with van der Waals surface area (Å²) in [4.78, 5) is 18.7. The second-order valence-electron chi connectivity index (χ2n) is 6.74. The van der Waals surface area contributed by atoms with Crippen molar-refractivity contribution in [1.29, 1.82) is 0 Å². The second-order valence-corrected chi connectivity index (χ2v) is 7.18. The lowest BCUT2D eigenvalue weighted by atomic mass is 10.2. The van der Waals surface area contributed by atoms with Gasteiger partial charge in [-0.25, -0.2) is 4.98 Å². The van der Waals surface area contributed by atoms with Crippen LogP contribution in [0.4, 0.5) is 5.69 Å². The minimum Gasteiger partial charge on any atom is -0.441 e. The van der Waals surface area contributed by atoms with Crippen LogP contribution in [0.1, 0.15) is 25.7 Å². The predicted octanol–water partition coefficient (Wildman–Crippen LogP) is 4.96. The Hall–Kier alpha value is -2.79. The number of nitrogens with zero attached hydrogens (tertiary/aromatic N) is 2. The molecule has 5 nitrogen and oxygen atoms in total. The van der Waals surface area contributed by atoms with Gasteiger partial charge in [0.25, 0.3) is 0 Å². The highest BCUT2D eigenvalue weighted by Crippen LogP contribution is 2.22. The molecule has 0 unspecified atom stereocenters. The molecule has 0 aliphatic heterocycles. The molecule has 0 saturated heterocycles. The fraction of sp³-hybridized carbons (Fsp3) is 0.304. The van der Waals surface area contributed by atoms with Crippen molar-refractivity contribution in [2.75, 3.05) is 24.5 Å². The lowest BCUT2D eigenvalue weighted by Crippen LogP contribution is -2.30. The summed E-state index contributed by atoms with van der Waals surface area (Å²) < 4.78 is 5.74. The topological polar surface area (TPSA) is 58.4 Å². The number of aryl methyl sites for hydroxylation is 1. The quantitative estimate of drug-likeness (QED) is 0.479. The van der Waals surface area contributed by atoms with Crippen LogP contribution < -0.4 is 10.2 Å². The molecule has 0 fully saturated rings. The Morgan fingerprint density at radius 3 is 2.62 bits per heavy atom. The second kappa shape index (κ2) is 10.7. The van der Waals surface area contributed by atoms with Gasteiger partial charge in [-0.2, -0.15) is 0 Å². The SMILES string of the molecule is CCN(CCCNC(=O)CCc1ncc(-c2ccc(Cl)cc2)o1)c1ccccc1. The molecule has 1 aromatic heterocycles. The lowest BCUT2D eigenvalue weighted by molar-refractivity contribution is -0.121. The van der Waals surface area contributed by atoms with Gasteiger partial charge in [-0.1, -0.05) is 29.8 Å². The summed E-state index contributed by atoms with van der Waals surface area (Å²) in [5, 5.41) is 3.66. The first kappa shape index (κ1) is 20.9. The molecule has 0 atom stereocenters. The molecule has 0 bridgehead atoms. The smallest absolute Gasteiger partial charge is 0.220 e. The molecule has 1 amide bonds. The molecule has 0 radical (unpaired) electrons. The number of amides is 1. The lowest BCUT2D eigenvalue weighted by Gasteiger charge is -2.23. The van der Waals surface area contributed by atoms with Crippen molar-refractivity contribution in [3.63, 3.8) is 0 Å². The standard InChI is InChI=1S/C23H26ClN3O2/c1-2-27(20-7-4-3-5-8-20)16-6-15-25-22(28)13-14-23-26-17-21(29-23)18-9-11-19(24)12-10-18/h3-5,7-12,17H,2,6,13-16H2,1H3,(H,25,28). The van der Waals surface area contributed by atoms with E-state index < -0.39 is 0 Å². The summed E-state index contributed by atoms with van der Waals surface area (Å²) in [5.41, 5.74) is 2.12. The molecule has 0 saturated carbocycles. The molecule has 0 spiro atoms. The van der Waals surface area contributed by atoms with Crippen LogP contribution in [0, 0.1) is 0 Å². The number of hydrogen-bond donors (Lipinski definition) is 1. The molecule has 1 N–H and O–H groups in total. The molecule has 0 aliphatic rings. The van der Waals surface area contributed by atoms with Gasteiger partial charge in [0.2, 0.25) is 5.91 Å². The number of carbonyl (C=O) groups excluding carboxylic acids is 1. The van der Waals surface area contributed by atoms with Gasteiger partial charge < -0.3 is 14.6 Å². The van der Waals surface area contributed by atoms with E-state index in [0.29, 0.717) is 36.1 Å². The van der Waals surface area contributed by atoms with E-state index in [2.05, 4.69) is 34.3 Å². The highest BCUT2D eigenvalue weighted by Gasteiger charge is 2.09. The van der Waals surface area contributed by atoms with Crippen LogP contribution in [0.2, 0.25) is 5.02 Å². The Kier molecular flexibility index (Phi) is 7.70. The molecule has 3 rings (SSSR count). The molecule has 6 heteroatoms. The van der Waals surface area contributed by atoms with Gasteiger partial charge >= 0.3 is 0 Å². The maximum atomic E-state index is 12.1. The van der Waals surface area contributed by atoms with Gasteiger partial charge in [-0.15, -0.1) is 0 Å². The summed E-state index contributed by atoms with van der Waals surface area (Å²) in [5.74, 6) is 1.25. The minimum atomic E-state index is 0.0130. The fourth-order valence-electron chi connectivity index (χ4n) is 3.09. The third-order valence-corrected chi connectivity index (χ3v) is 4.93. The number of rotatable bonds is 10. The number of oxazole rings is 1. The van der Waals surface area contributed by atoms with E-state index in [1.54, 1.807) is 6.20 Å². The van der Waals surface area contributed by atoms with E-state index >= 15 is 0 Å². The fourth-order valence-corrected chi connectivity index (χ4v) is 3.21. The average molecular weight is 412 g/mol. The number of aromatic nitrogens is 1. The zero-order valence-corrected chi connectivity index (χ0v) is 17.4. The molecule has 152 valence electrons. The third kappa shape index (κ3) is 6.36. The zero-order valence-electron chi connectivity index (χ0n) is 16.6. The van der Waals surface area contributed by atoms with Gasteiger partial charge in [-0.3, -0.25) is 4.79 Å². The molecule has 0 aliphatic carbocycles. The highest BCUT2D eigenvalue weighted by atomic mass is 35.5. The van der Waals surface area contributed by atoms with Crippen molar-refractivity contribution in [3.8, 4) is 11.3 Å². The van der Waals surface area contributed by atoms with Crippen LogP contribution in [0.25, 0.3) is 11.3 Å². The Labute approximate surface area is 176 Å². The first-order valence-electron chi connectivity index (χ1n) is 9.93.